The fraction of sp³-hybridized carbons (Fsp3) is 0.200. The van der Waals surface area contributed by atoms with Crippen molar-refractivity contribution in [2.24, 2.45) is 0 Å². The summed E-state index contributed by atoms with van der Waals surface area (Å²) in [6.07, 6.45) is -0.848. The van der Waals surface area contributed by atoms with E-state index in [0.717, 1.165) is 18.2 Å². The fourth-order valence-electron chi connectivity index (χ4n) is 1.92. The van der Waals surface area contributed by atoms with Crippen LogP contribution < -0.4 is 9.47 Å². The van der Waals surface area contributed by atoms with Gasteiger partial charge in [0, 0.05) is 18.2 Å². The van der Waals surface area contributed by atoms with Crippen molar-refractivity contribution >= 4 is 0 Å². The van der Waals surface area contributed by atoms with Gasteiger partial charge in [-0.15, -0.1) is 0 Å². The standard InChI is InChI=1S/C15H14F2O3/c1-9(18)15-13(19-2)4-3-5-14(15)20-12-7-10(16)6-11(17)8-12/h3-9,18H,1-2H3/t9-/m0/s1. The van der Waals surface area contributed by atoms with E-state index in [2.05, 4.69) is 0 Å². The van der Waals surface area contributed by atoms with Gasteiger partial charge in [0.15, 0.2) is 0 Å². The first-order valence-corrected chi connectivity index (χ1v) is 6.00. The van der Waals surface area contributed by atoms with E-state index in [1.807, 2.05) is 0 Å². The van der Waals surface area contributed by atoms with E-state index < -0.39 is 17.7 Å². The summed E-state index contributed by atoms with van der Waals surface area (Å²) in [6, 6.07) is 7.81. The van der Waals surface area contributed by atoms with Gasteiger partial charge in [0.2, 0.25) is 0 Å². The van der Waals surface area contributed by atoms with Crippen LogP contribution in [0.2, 0.25) is 0 Å². The molecule has 106 valence electrons. The maximum atomic E-state index is 13.1. The number of hydrogen-bond acceptors (Lipinski definition) is 3. The molecule has 1 N–H and O–H groups in total. The summed E-state index contributed by atoms with van der Waals surface area (Å²) in [5, 5.41) is 9.80. The van der Waals surface area contributed by atoms with Crippen molar-refractivity contribution in [3.63, 3.8) is 0 Å². The van der Waals surface area contributed by atoms with Crippen LogP contribution in [0.25, 0.3) is 0 Å². The molecule has 2 aromatic rings. The molecule has 2 aromatic carbocycles. The predicted molar refractivity (Wildman–Crippen MR) is 70.1 cm³/mol. The molecule has 0 unspecified atom stereocenters. The van der Waals surface area contributed by atoms with Crippen molar-refractivity contribution < 1.29 is 23.4 Å². The Kier molecular flexibility index (Phi) is 4.20. The van der Waals surface area contributed by atoms with Crippen molar-refractivity contribution in [3.05, 3.63) is 53.6 Å². The van der Waals surface area contributed by atoms with Gasteiger partial charge in [0.1, 0.15) is 28.9 Å². The molecule has 0 heterocycles. The van der Waals surface area contributed by atoms with Crippen LogP contribution in [0.1, 0.15) is 18.6 Å². The van der Waals surface area contributed by atoms with Crippen molar-refractivity contribution in [1.82, 2.24) is 0 Å². The number of methoxy groups -OCH3 is 1. The molecule has 0 bridgehead atoms. The van der Waals surface area contributed by atoms with E-state index in [4.69, 9.17) is 9.47 Å². The fourth-order valence-corrected chi connectivity index (χ4v) is 1.92. The normalized spacial score (nSPS) is 12.1. The van der Waals surface area contributed by atoms with Crippen LogP contribution in [0, 0.1) is 11.6 Å². The quantitative estimate of drug-likeness (QED) is 0.925. The molecule has 0 saturated heterocycles. The molecule has 0 spiro atoms. The zero-order chi connectivity index (χ0) is 14.7. The molecule has 5 heteroatoms. The van der Waals surface area contributed by atoms with Crippen molar-refractivity contribution in [2.75, 3.05) is 7.11 Å². The third-order valence-electron chi connectivity index (χ3n) is 2.73. The van der Waals surface area contributed by atoms with Gasteiger partial charge in [-0.2, -0.15) is 0 Å². The van der Waals surface area contributed by atoms with Crippen LogP contribution in [0.3, 0.4) is 0 Å². The van der Waals surface area contributed by atoms with Crippen molar-refractivity contribution in [3.8, 4) is 17.2 Å². The number of hydrogen-bond donors (Lipinski definition) is 1. The Morgan fingerprint density at radius 3 is 2.20 bits per heavy atom. The van der Waals surface area contributed by atoms with Crippen LogP contribution in [0.4, 0.5) is 8.78 Å². The van der Waals surface area contributed by atoms with Crippen LogP contribution in [0.5, 0.6) is 17.2 Å². The third kappa shape index (κ3) is 3.05. The number of rotatable bonds is 4. The average Bonchev–Trinajstić information content (AvgIpc) is 2.36. The van der Waals surface area contributed by atoms with Crippen LogP contribution >= 0.6 is 0 Å². The summed E-state index contributed by atoms with van der Waals surface area (Å²) in [6.45, 7) is 1.55. The zero-order valence-corrected chi connectivity index (χ0v) is 11.1. The minimum atomic E-state index is -0.848. The maximum Gasteiger partial charge on any atom is 0.136 e. The highest BCUT2D eigenvalue weighted by atomic mass is 19.1. The molecule has 0 saturated carbocycles. The summed E-state index contributed by atoms with van der Waals surface area (Å²) >= 11 is 0. The summed E-state index contributed by atoms with van der Waals surface area (Å²) < 4.78 is 36.9. The molecule has 2 rings (SSSR count). The topological polar surface area (TPSA) is 38.7 Å². The molecule has 1 atom stereocenters. The van der Waals surface area contributed by atoms with E-state index in [0.29, 0.717) is 11.3 Å². The summed E-state index contributed by atoms with van der Waals surface area (Å²) in [7, 11) is 1.47. The minimum Gasteiger partial charge on any atom is -0.496 e. The number of aliphatic hydroxyl groups is 1. The van der Waals surface area contributed by atoms with E-state index in [1.54, 1.807) is 25.1 Å². The first kappa shape index (κ1) is 14.3. The molecule has 20 heavy (non-hydrogen) atoms. The monoisotopic (exact) mass is 280 g/mol. The maximum absolute atomic E-state index is 13.1. The summed E-state index contributed by atoms with van der Waals surface area (Å²) in [4.78, 5) is 0. The van der Waals surface area contributed by atoms with E-state index in [1.165, 1.54) is 7.11 Å². The van der Waals surface area contributed by atoms with E-state index in [-0.39, 0.29) is 11.5 Å². The Bertz CT molecular complexity index is 592. The number of benzene rings is 2. The Morgan fingerprint density at radius 2 is 1.65 bits per heavy atom. The molecule has 0 radical (unpaired) electrons. The van der Waals surface area contributed by atoms with Gasteiger partial charge < -0.3 is 14.6 Å². The van der Waals surface area contributed by atoms with Gasteiger partial charge in [-0.3, -0.25) is 0 Å². The largest absolute Gasteiger partial charge is 0.496 e. The lowest BCUT2D eigenvalue weighted by molar-refractivity contribution is 0.190. The highest BCUT2D eigenvalue weighted by molar-refractivity contribution is 5.48. The first-order chi connectivity index (χ1) is 9.51. The summed E-state index contributed by atoms with van der Waals surface area (Å²) in [5.74, 6) is -0.737. The van der Waals surface area contributed by atoms with Gasteiger partial charge in [0.25, 0.3) is 0 Å². The summed E-state index contributed by atoms with van der Waals surface area (Å²) in [5.41, 5.74) is 0.416. The third-order valence-corrected chi connectivity index (χ3v) is 2.73. The Labute approximate surface area is 115 Å². The minimum absolute atomic E-state index is 0.0117. The number of ether oxygens (including phenoxy) is 2. The molecule has 0 aliphatic carbocycles. The predicted octanol–water partition coefficient (Wildman–Crippen LogP) is 3.82. The zero-order valence-electron chi connectivity index (χ0n) is 11.1. The molecule has 0 aliphatic rings. The molecular weight excluding hydrogens is 266 g/mol. The first-order valence-electron chi connectivity index (χ1n) is 6.00. The number of halogens is 2. The smallest absolute Gasteiger partial charge is 0.136 e. The van der Waals surface area contributed by atoms with Gasteiger partial charge in [-0.25, -0.2) is 8.78 Å². The van der Waals surface area contributed by atoms with Gasteiger partial charge in [0.05, 0.1) is 18.8 Å². The van der Waals surface area contributed by atoms with Crippen LogP contribution in [-0.2, 0) is 0 Å². The van der Waals surface area contributed by atoms with Gasteiger partial charge >= 0.3 is 0 Å². The average molecular weight is 280 g/mol. The van der Waals surface area contributed by atoms with Crippen molar-refractivity contribution in [1.29, 1.82) is 0 Å². The second kappa shape index (κ2) is 5.88. The van der Waals surface area contributed by atoms with Gasteiger partial charge in [-0.05, 0) is 19.1 Å². The highest BCUT2D eigenvalue weighted by Gasteiger charge is 2.16. The lowest BCUT2D eigenvalue weighted by atomic mass is 10.1. The lowest BCUT2D eigenvalue weighted by Gasteiger charge is -2.16. The lowest BCUT2D eigenvalue weighted by Crippen LogP contribution is -2.00. The molecule has 3 nitrogen and oxygen atoms in total. The second-order valence-electron chi connectivity index (χ2n) is 4.26. The highest BCUT2D eigenvalue weighted by Crippen LogP contribution is 2.36. The second-order valence-corrected chi connectivity index (χ2v) is 4.26. The molecule has 0 fully saturated rings. The Hall–Kier alpha value is -2.14. The van der Waals surface area contributed by atoms with Gasteiger partial charge in [-0.1, -0.05) is 6.07 Å². The van der Waals surface area contributed by atoms with Crippen LogP contribution in [-0.4, -0.2) is 12.2 Å². The SMILES string of the molecule is COc1cccc(Oc2cc(F)cc(F)c2)c1[C@H](C)O. The molecular formula is C15H14F2O3. The molecule has 0 amide bonds. The molecule has 0 aliphatic heterocycles. The molecule has 0 aromatic heterocycles. The van der Waals surface area contributed by atoms with E-state index in [9.17, 15) is 13.9 Å². The Morgan fingerprint density at radius 1 is 1.05 bits per heavy atom. The number of aliphatic hydroxyl groups excluding tert-OH is 1. The van der Waals surface area contributed by atoms with E-state index >= 15 is 0 Å². The Balaban J connectivity index is 2.42. The van der Waals surface area contributed by atoms with Crippen LogP contribution in [0.15, 0.2) is 36.4 Å². The van der Waals surface area contributed by atoms with Crippen molar-refractivity contribution in [2.45, 2.75) is 13.0 Å².